The third kappa shape index (κ3) is 3.54. The van der Waals surface area contributed by atoms with Crippen LogP contribution in [0.1, 0.15) is 40.5 Å². The molecule has 1 amide bonds. The zero-order valence-corrected chi connectivity index (χ0v) is 14.5. The molecule has 1 fully saturated rings. The topological polar surface area (TPSA) is 49.0 Å². The van der Waals surface area contributed by atoms with Crippen molar-refractivity contribution in [1.29, 1.82) is 0 Å². The molecule has 1 aliphatic rings. The zero-order chi connectivity index (χ0) is 19.0. The number of rotatable bonds is 2. The molecule has 4 nitrogen and oxygen atoms in total. The van der Waals surface area contributed by atoms with Crippen molar-refractivity contribution in [2.45, 2.75) is 24.9 Å². The molecule has 0 saturated carbocycles. The fraction of sp³-hybridized carbons (Fsp3) is 0.300. The van der Waals surface area contributed by atoms with Crippen molar-refractivity contribution in [3.63, 3.8) is 0 Å². The molecular weight excluding hydrogens is 355 g/mol. The van der Waals surface area contributed by atoms with Crippen LogP contribution in [0.5, 0.6) is 0 Å². The maximum absolute atomic E-state index is 12.7. The summed E-state index contributed by atoms with van der Waals surface area (Å²) < 4.78 is 38.1. The number of carbonyl (C=O) groups excluding carboxylic acids is 1. The van der Waals surface area contributed by atoms with Gasteiger partial charge in [0.2, 0.25) is 0 Å². The summed E-state index contributed by atoms with van der Waals surface area (Å²) >= 11 is 0. The molecule has 0 unspecified atom stereocenters. The number of amides is 1. The van der Waals surface area contributed by atoms with Crippen LogP contribution in [0.3, 0.4) is 0 Å². The lowest BCUT2D eigenvalue weighted by atomic mass is 9.96. The summed E-state index contributed by atoms with van der Waals surface area (Å²) in [5.74, 6) is 0.690. The number of fused-ring (bicyclic) bond motifs is 1. The highest BCUT2D eigenvalue weighted by molar-refractivity contribution is 5.94. The van der Waals surface area contributed by atoms with Gasteiger partial charge in [0.05, 0.1) is 16.6 Å². The molecule has 2 aromatic carbocycles. The fourth-order valence-electron chi connectivity index (χ4n) is 3.54. The van der Waals surface area contributed by atoms with E-state index < -0.39 is 11.7 Å². The average Bonchev–Trinajstić information content (AvgIpc) is 3.11. The molecule has 0 aliphatic carbocycles. The molecule has 0 bridgehead atoms. The zero-order valence-electron chi connectivity index (χ0n) is 14.5. The van der Waals surface area contributed by atoms with Crippen LogP contribution in [-0.4, -0.2) is 33.9 Å². The largest absolute Gasteiger partial charge is 0.416 e. The number of hydrogen-bond donors (Lipinski definition) is 1. The first-order valence-electron chi connectivity index (χ1n) is 8.83. The van der Waals surface area contributed by atoms with E-state index in [2.05, 4.69) is 9.97 Å². The van der Waals surface area contributed by atoms with Crippen LogP contribution in [0, 0.1) is 0 Å². The Hall–Kier alpha value is -2.83. The summed E-state index contributed by atoms with van der Waals surface area (Å²) in [4.78, 5) is 22.4. The van der Waals surface area contributed by atoms with E-state index in [1.807, 2.05) is 24.3 Å². The number of carbonyl (C=O) groups is 1. The van der Waals surface area contributed by atoms with Gasteiger partial charge < -0.3 is 9.88 Å². The highest BCUT2D eigenvalue weighted by atomic mass is 19.4. The molecule has 7 heteroatoms. The molecule has 0 spiro atoms. The molecule has 1 atom stereocenters. The van der Waals surface area contributed by atoms with Gasteiger partial charge >= 0.3 is 6.18 Å². The second-order valence-electron chi connectivity index (χ2n) is 6.80. The Morgan fingerprint density at radius 2 is 1.85 bits per heavy atom. The van der Waals surface area contributed by atoms with Crippen molar-refractivity contribution in [3.8, 4) is 0 Å². The van der Waals surface area contributed by atoms with Gasteiger partial charge in [0, 0.05) is 24.6 Å². The summed E-state index contributed by atoms with van der Waals surface area (Å²) in [6.45, 7) is 1.09. The van der Waals surface area contributed by atoms with Gasteiger partial charge in [-0.15, -0.1) is 0 Å². The van der Waals surface area contributed by atoms with Gasteiger partial charge in [0.1, 0.15) is 5.82 Å². The normalized spacial score (nSPS) is 18.0. The predicted octanol–water partition coefficient (Wildman–Crippen LogP) is 4.60. The van der Waals surface area contributed by atoms with Crippen molar-refractivity contribution >= 4 is 16.9 Å². The second-order valence-corrected chi connectivity index (χ2v) is 6.80. The first-order valence-corrected chi connectivity index (χ1v) is 8.83. The summed E-state index contributed by atoms with van der Waals surface area (Å²) in [6, 6.07) is 12.1. The van der Waals surface area contributed by atoms with Crippen molar-refractivity contribution in [1.82, 2.24) is 14.9 Å². The van der Waals surface area contributed by atoms with E-state index >= 15 is 0 Å². The molecule has 140 valence electrons. The van der Waals surface area contributed by atoms with Crippen LogP contribution in [-0.2, 0) is 6.18 Å². The minimum atomic E-state index is -4.40. The first kappa shape index (κ1) is 17.6. The Kier molecular flexibility index (Phi) is 4.37. The van der Waals surface area contributed by atoms with Crippen molar-refractivity contribution in [3.05, 3.63) is 65.5 Å². The highest BCUT2D eigenvalue weighted by Crippen LogP contribution is 2.30. The van der Waals surface area contributed by atoms with Crippen LogP contribution >= 0.6 is 0 Å². The number of H-pyrrole nitrogens is 1. The van der Waals surface area contributed by atoms with Crippen molar-refractivity contribution < 1.29 is 18.0 Å². The minimum absolute atomic E-state index is 0.0875. The lowest BCUT2D eigenvalue weighted by Gasteiger charge is -2.32. The number of imidazole rings is 1. The van der Waals surface area contributed by atoms with E-state index in [4.69, 9.17) is 0 Å². The van der Waals surface area contributed by atoms with E-state index in [1.54, 1.807) is 4.90 Å². The monoisotopic (exact) mass is 373 g/mol. The summed E-state index contributed by atoms with van der Waals surface area (Å²) in [5.41, 5.74) is 1.36. The maximum Gasteiger partial charge on any atom is 0.416 e. The maximum atomic E-state index is 12.7. The van der Waals surface area contributed by atoms with Gasteiger partial charge in [-0.1, -0.05) is 12.1 Å². The number of aromatic nitrogens is 2. The van der Waals surface area contributed by atoms with Crippen molar-refractivity contribution in [2.24, 2.45) is 0 Å². The minimum Gasteiger partial charge on any atom is -0.342 e. The molecule has 0 radical (unpaired) electrons. The summed E-state index contributed by atoms with van der Waals surface area (Å²) in [6.07, 6.45) is -2.66. The Morgan fingerprint density at radius 3 is 2.56 bits per heavy atom. The number of para-hydroxylation sites is 2. The number of likely N-dealkylation sites (tertiary alicyclic amines) is 1. The fourth-order valence-corrected chi connectivity index (χ4v) is 3.54. The third-order valence-electron chi connectivity index (χ3n) is 4.96. The second kappa shape index (κ2) is 6.72. The van der Waals surface area contributed by atoms with Crippen LogP contribution in [0.15, 0.2) is 48.5 Å². The van der Waals surface area contributed by atoms with E-state index in [0.717, 1.165) is 41.8 Å². The van der Waals surface area contributed by atoms with Crippen LogP contribution in [0.4, 0.5) is 13.2 Å². The lowest BCUT2D eigenvalue weighted by Crippen LogP contribution is -2.39. The Balaban J connectivity index is 1.51. The van der Waals surface area contributed by atoms with E-state index in [9.17, 15) is 18.0 Å². The van der Waals surface area contributed by atoms with E-state index in [-0.39, 0.29) is 17.4 Å². The number of piperidine rings is 1. The molecule has 2 heterocycles. The van der Waals surface area contributed by atoms with Gasteiger partial charge in [0.25, 0.3) is 5.91 Å². The molecule has 27 heavy (non-hydrogen) atoms. The number of aromatic amines is 1. The average molecular weight is 373 g/mol. The van der Waals surface area contributed by atoms with Crippen LogP contribution in [0.2, 0.25) is 0 Å². The predicted molar refractivity (Wildman–Crippen MR) is 95.4 cm³/mol. The van der Waals surface area contributed by atoms with Gasteiger partial charge in [0.15, 0.2) is 0 Å². The Morgan fingerprint density at radius 1 is 1.11 bits per heavy atom. The molecule has 1 aromatic heterocycles. The van der Waals surface area contributed by atoms with Gasteiger partial charge in [-0.25, -0.2) is 4.98 Å². The molecule has 1 N–H and O–H groups in total. The van der Waals surface area contributed by atoms with Crippen LogP contribution < -0.4 is 0 Å². The van der Waals surface area contributed by atoms with Gasteiger partial charge in [-0.3, -0.25) is 4.79 Å². The van der Waals surface area contributed by atoms with E-state index in [0.29, 0.717) is 13.1 Å². The summed E-state index contributed by atoms with van der Waals surface area (Å²) in [5, 5.41) is 0. The Labute approximate surface area is 154 Å². The molecule has 3 aromatic rings. The first-order chi connectivity index (χ1) is 12.9. The molecule has 1 aliphatic heterocycles. The quantitative estimate of drug-likeness (QED) is 0.714. The third-order valence-corrected chi connectivity index (χ3v) is 4.96. The Bertz CT molecular complexity index is 930. The highest BCUT2D eigenvalue weighted by Gasteiger charge is 2.31. The molecular formula is C20H18F3N3O. The van der Waals surface area contributed by atoms with Crippen LogP contribution in [0.25, 0.3) is 11.0 Å². The number of hydrogen-bond acceptors (Lipinski definition) is 2. The number of nitrogens with one attached hydrogen (secondary N) is 1. The number of alkyl halides is 3. The number of benzene rings is 2. The standard InChI is InChI=1S/C20H18F3N3O/c21-20(22,23)15-9-7-13(8-10-15)19(27)26-11-3-4-14(12-26)18-24-16-5-1-2-6-17(16)25-18/h1-2,5-10,14H,3-4,11-12H2,(H,24,25)/t14-/m1/s1. The SMILES string of the molecule is O=C(c1ccc(C(F)(F)F)cc1)N1CCC[C@@H](c2nc3ccccc3[nH]2)C1. The molecule has 4 rings (SSSR count). The molecule has 1 saturated heterocycles. The summed E-state index contributed by atoms with van der Waals surface area (Å²) in [7, 11) is 0. The van der Waals surface area contributed by atoms with E-state index in [1.165, 1.54) is 12.1 Å². The number of halogens is 3. The van der Waals surface area contributed by atoms with Gasteiger partial charge in [-0.2, -0.15) is 13.2 Å². The van der Waals surface area contributed by atoms with Gasteiger partial charge in [-0.05, 0) is 49.2 Å². The van der Waals surface area contributed by atoms with Crippen molar-refractivity contribution in [2.75, 3.05) is 13.1 Å². The number of nitrogens with zero attached hydrogens (tertiary/aromatic N) is 2. The smallest absolute Gasteiger partial charge is 0.342 e. The lowest BCUT2D eigenvalue weighted by molar-refractivity contribution is -0.137.